The molecule has 1 aromatic carbocycles. The van der Waals surface area contributed by atoms with E-state index in [1.807, 2.05) is 32.0 Å². The largest absolute Gasteiger partial charge is 0.486 e. The van der Waals surface area contributed by atoms with Crippen molar-refractivity contribution in [1.29, 1.82) is 0 Å². The summed E-state index contributed by atoms with van der Waals surface area (Å²) in [5.41, 5.74) is 0.717. The third kappa shape index (κ3) is 3.49. The fourth-order valence-corrected chi connectivity index (χ4v) is 3.42. The van der Waals surface area contributed by atoms with Crippen LogP contribution in [-0.4, -0.2) is 31.6 Å². The van der Waals surface area contributed by atoms with Crippen molar-refractivity contribution in [2.24, 2.45) is 5.92 Å². The molecule has 1 N–H and O–H groups in total. The van der Waals surface area contributed by atoms with Gasteiger partial charge in [-0.15, -0.1) is 0 Å². The number of ether oxygens (including phenoxy) is 2. The fourth-order valence-electron chi connectivity index (χ4n) is 3.42. The van der Waals surface area contributed by atoms with Gasteiger partial charge in [0.15, 0.2) is 11.5 Å². The molecule has 142 valence electrons. The standard InChI is InChI=1S/C20H22N2O5/c1-12-3-5-16(27-12)13(2)21-20(24)14-9-19(23)22(11-14)15-4-6-17-18(10-15)26-8-7-25-17/h3-6,10,13-14H,7-9,11H2,1-2H3,(H,21,24). The summed E-state index contributed by atoms with van der Waals surface area (Å²) in [4.78, 5) is 26.7. The van der Waals surface area contributed by atoms with Gasteiger partial charge >= 0.3 is 0 Å². The molecule has 0 radical (unpaired) electrons. The molecule has 3 heterocycles. The summed E-state index contributed by atoms with van der Waals surface area (Å²) in [6.07, 6.45) is 0.185. The van der Waals surface area contributed by atoms with Crippen LogP contribution in [0.25, 0.3) is 0 Å². The number of hydrogen-bond acceptors (Lipinski definition) is 5. The van der Waals surface area contributed by atoms with Crippen molar-refractivity contribution in [3.8, 4) is 11.5 Å². The topological polar surface area (TPSA) is 81.0 Å². The highest BCUT2D eigenvalue weighted by atomic mass is 16.6. The van der Waals surface area contributed by atoms with Gasteiger partial charge in [0.25, 0.3) is 0 Å². The minimum absolute atomic E-state index is 0.0756. The predicted molar refractivity (Wildman–Crippen MR) is 97.9 cm³/mol. The van der Waals surface area contributed by atoms with E-state index in [1.54, 1.807) is 17.0 Å². The van der Waals surface area contributed by atoms with Gasteiger partial charge in [-0.05, 0) is 38.1 Å². The first-order valence-corrected chi connectivity index (χ1v) is 9.08. The van der Waals surface area contributed by atoms with E-state index in [4.69, 9.17) is 13.9 Å². The zero-order valence-corrected chi connectivity index (χ0v) is 15.4. The molecule has 0 saturated carbocycles. The number of rotatable bonds is 4. The van der Waals surface area contributed by atoms with Crippen LogP contribution in [0.2, 0.25) is 0 Å². The molecule has 2 amide bonds. The number of hydrogen-bond donors (Lipinski definition) is 1. The zero-order valence-electron chi connectivity index (χ0n) is 15.4. The number of nitrogens with zero attached hydrogens (tertiary/aromatic N) is 1. The first-order chi connectivity index (χ1) is 13.0. The second-order valence-corrected chi connectivity index (χ2v) is 6.91. The monoisotopic (exact) mass is 370 g/mol. The molecule has 2 aliphatic rings. The highest BCUT2D eigenvalue weighted by Gasteiger charge is 2.36. The highest BCUT2D eigenvalue weighted by molar-refractivity contribution is 6.00. The van der Waals surface area contributed by atoms with E-state index in [-0.39, 0.29) is 24.3 Å². The summed E-state index contributed by atoms with van der Waals surface area (Å²) >= 11 is 0. The van der Waals surface area contributed by atoms with Crippen molar-refractivity contribution in [2.75, 3.05) is 24.7 Å². The number of carbonyl (C=O) groups is 2. The molecule has 2 aliphatic heterocycles. The van der Waals surface area contributed by atoms with Crippen LogP contribution in [-0.2, 0) is 9.59 Å². The molecule has 2 atom stereocenters. The van der Waals surface area contributed by atoms with Crippen LogP contribution in [0.5, 0.6) is 11.5 Å². The summed E-state index contributed by atoms with van der Waals surface area (Å²) in [5.74, 6) is 2.18. The van der Waals surface area contributed by atoms with Crippen molar-refractivity contribution >= 4 is 17.5 Å². The van der Waals surface area contributed by atoms with E-state index < -0.39 is 5.92 Å². The Kier molecular flexibility index (Phi) is 4.51. The smallest absolute Gasteiger partial charge is 0.227 e. The van der Waals surface area contributed by atoms with Gasteiger partial charge in [0, 0.05) is 24.7 Å². The number of nitrogens with one attached hydrogen (secondary N) is 1. The van der Waals surface area contributed by atoms with Gasteiger partial charge in [0.05, 0.1) is 12.0 Å². The van der Waals surface area contributed by atoms with Crippen LogP contribution in [0.4, 0.5) is 5.69 Å². The molecular weight excluding hydrogens is 348 g/mol. The van der Waals surface area contributed by atoms with Crippen LogP contribution in [0.1, 0.15) is 30.9 Å². The lowest BCUT2D eigenvalue weighted by molar-refractivity contribution is -0.127. The molecule has 1 fully saturated rings. The van der Waals surface area contributed by atoms with Crippen LogP contribution < -0.4 is 19.7 Å². The average molecular weight is 370 g/mol. The Hall–Kier alpha value is -2.96. The van der Waals surface area contributed by atoms with Gasteiger partial charge in [0.2, 0.25) is 11.8 Å². The van der Waals surface area contributed by atoms with Crippen molar-refractivity contribution in [1.82, 2.24) is 5.32 Å². The SMILES string of the molecule is Cc1ccc(C(C)NC(=O)C2CC(=O)N(c3ccc4c(c3)OCCO4)C2)o1. The van der Waals surface area contributed by atoms with Crippen LogP contribution in [0, 0.1) is 12.8 Å². The van der Waals surface area contributed by atoms with Crippen LogP contribution in [0.15, 0.2) is 34.7 Å². The van der Waals surface area contributed by atoms with E-state index in [0.29, 0.717) is 42.7 Å². The number of anilines is 1. The Labute approximate surface area is 157 Å². The molecule has 4 rings (SSSR count). The van der Waals surface area contributed by atoms with Gasteiger partial charge in [-0.1, -0.05) is 0 Å². The summed E-state index contributed by atoms with van der Waals surface area (Å²) in [7, 11) is 0. The Bertz CT molecular complexity index is 875. The molecule has 1 aromatic heterocycles. The first-order valence-electron chi connectivity index (χ1n) is 9.08. The van der Waals surface area contributed by atoms with Crippen molar-refractivity contribution in [3.63, 3.8) is 0 Å². The molecule has 0 spiro atoms. The van der Waals surface area contributed by atoms with E-state index in [0.717, 1.165) is 5.76 Å². The van der Waals surface area contributed by atoms with Crippen LogP contribution >= 0.6 is 0 Å². The lowest BCUT2D eigenvalue weighted by atomic mass is 10.1. The number of aryl methyl sites for hydroxylation is 1. The molecule has 0 bridgehead atoms. The number of furan rings is 1. The number of fused-ring (bicyclic) bond motifs is 1. The Morgan fingerprint density at radius 3 is 2.70 bits per heavy atom. The van der Waals surface area contributed by atoms with E-state index >= 15 is 0 Å². The normalized spacial score (nSPS) is 19.9. The van der Waals surface area contributed by atoms with Gasteiger partial charge in [0.1, 0.15) is 24.7 Å². The number of amides is 2. The van der Waals surface area contributed by atoms with Gasteiger partial charge in [-0.2, -0.15) is 0 Å². The Morgan fingerprint density at radius 2 is 1.96 bits per heavy atom. The van der Waals surface area contributed by atoms with Crippen molar-refractivity contribution in [3.05, 3.63) is 41.9 Å². The minimum Gasteiger partial charge on any atom is -0.486 e. The number of benzene rings is 1. The molecule has 7 nitrogen and oxygen atoms in total. The fraction of sp³-hybridized carbons (Fsp3) is 0.400. The maximum absolute atomic E-state index is 12.6. The molecule has 7 heteroatoms. The zero-order chi connectivity index (χ0) is 19.0. The lowest BCUT2D eigenvalue weighted by Crippen LogP contribution is -2.34. The lowest BCUT2D eigenvalue weighted by Gasteiger charge is -2.22. The van der Waals surface area contributed by atoms with E-state index in [1.165, 1.54) is 0 Å². The van der Waals surface area contributed by atoms with Crippen molar-refractivity contribution < 1.29 is 23.5 Å². The van der Waals surface area contributed by atoms with Gasteiger partial charge < -0.3 is 24.1 Å². The van der Waals surface area contributed by atoms with Gasteiger partial charge in [-0.3, -0.25) is 9.59 Å². The van der Waals surface area contributed by atoms with Crippen LogP contribution in [0.3, 0.4) is 0 Å². The van der Waals surface area contributed by atoms with E-state index in [2.05, 4.69) is 5.32 Å². The maximum Gasteiger partial charge on any atom is 0.227 e. The Morgan fingerprint density at radius 1 is 1.19 bits per heavy atom. The molecule has 2 aromatic rings. The summed E-state index contributed by atoms with van der Waals surface area (Å²) < 4.78 is 16.7. The molecule has 0 aliphatic carbocycles. The quantitative estimate of drug-likeness (QED) is 0.895. The minimum atomic E-state index is -0.399. The third-order valence-corrected chi connectivity index (χ3v) is 4.88. The summed E-state index contributed by atoms with van der Waals surface area (Å²) in [5, 5.41) is 2.94. The molecule has 1 saturated heterocycles. The molecular formula is C20H22N2O5. The predicted octanol–water partition coefficient (Wildman–Crippen LogP) is 2.59. The summed E-state index contributed by atoms with van der Waals surface area (Å²) in [6, 6.07) is 8.87. The number of carbonyl (C=O) groups excluding carboxylic acids is 2. The average Bonchev–Trinajstić information content (AvgIpc) is 3.27. The van der Waals surface area contributed by atoms with Crippen molar-refractivity contribution in [2.45, 2.75) is 26.3 Å². The highest BCUT2D eigenvalue weighted by Crippen LogP contribution is 2.36. The van der Waals surface area contributed by atoms with Gasteiger partial charge in [-0.25, -0.2) is 0 Å². The second-order valence-electron chi connectivity index (χ2n) is 6.91. The molecule has 27 heavy (non-hydrogen) atoms. The molecule has 2 unspecified atom stereocenters. The maximum atomic E-state index is 12.6. The van der Waals surface area contributed by atoms with E-state index in [9.17, 15) is 9.59 Å². The first kappa shape index (κ1) is 17.5. The second kappa shape index (κ2) is 6.98. The Balaban J connectivity index is 1.43. The third-order valence-electron chi connectivity index (χ3n) is 4.88. The summed E-state index contributed by atoms with van der Waals surface area (Å²) in [6.45, 7) is 5.07.